The van der Waals surface area contributed by atoms with Crippen LogP contribution in [0.1, 0.15) is 25.0 Å². The highest BCUT2D eigenvalue weighted by molar-refractivity contribution is 5.77. The molecule has 4 rings (SSSR count). The van der Waals surface area contributed by atoms with Crippen LogP contribution in [0.15, 0.2) is 18.3 Å². The Kier molecular flexibility index (Phi) is 6.15. The van der Waals surface area contributed by atoms with Crippen molar-refractivity contribution in [3.63, 3.8) is 0 Å². The highest BCUT2D eigenvalue weighted by Gasteiger charge is 2.49. The van der Waals surface area contributed by atoms with Gasteiger partial charge >= 0.3 is 6.03 Å². The van der Waals surface area contributed by atoms with Crippen molar-refractivity contribution in [2.45, 2.75) is 50.5 Å². The van der Waals surface area contributed by atoms with Gasteiger partial charge in [-0.3, -0.25) is 9.78 Å². The third kappa shape index (κ3) is 4.62. The molecular formula is C20H28N4O5. The standard InChI is InChI=1S/C20H28N4O5/c1-13-15(5-4-7-21-13)29-16-12-28-18-14(11-27-19(16)18)23-20(26)22-8-10-24-9-3-2-6-17(24)25/h4-5,7,14,16,18-19H,2-3,6,8-12H2,1H3,(H2,22,23,26)/t14-,16-,18+,19+/m0/s1. The Hall–Kier alpha value is -2.39. The van der Waals surface area contributed by atoms with Crippen LogP contribution in [-0.2, 0) is 14.3 Å². The van der Waals surface area contributed by atoms with Crippen molar-refractivity contribution in [1.82, 2.24) is 20.5 Å². The van der Waals surface area contributed by atoms with E-state index < -0.39 is 0 Å². The zero-order valence-corrected chi connectivity index (χ0v) is 16.6. The second-order valence-corrected chi connectivity index (χ2v) is 7.68. The number of urea groups is 1. The minimum absolute atomic E-state index is 0.166. The lowest BCUT2D eigenvalue weighted by molar-refractivity contribution is -0.133. The summed E-state index contributed by atoms with van der Waals surface area (Å²) in [6.07, 6.45) is 3.61. The average molecular weight is 404 g/mol. The smallest absolute Gasteiger partial charge is 0.315 e. The second-order valence-electron chi connectivity index (χ2n) is 7.68. The zero-order chi connectivity index (χ0) is 20.2. The number of pyridine rings is 1. The van der Waals surface area contributed by atoms with Gasteiger partial charge in [0.05, 0.1) is 24.9 Å². The Labute approximate surface area is 170 Å². The molecule has 0 unspecified atom stereocenters. The van der Waals surface area contributed by atoms with Gasteiger partial charge in [0, 0.05) is 32.3 Å². The van der Waals surface area contributed by atoms with Gasteiger partial charge in [-0.2, -0.15) is 0 Å². The van der Waals surface area contributed by atoms with Crippen molar-refractivity contribution in [3.05, 3.63) is 24.0 Å². The number of rotatable bonds is 6. The highest BCUT2D eigenvalue weighted by Crippen LogP contribution is 2.30. The van der Waals surface area contributed by atoms with Gasteiger partial charge in [-0.1, -0.05) is 0 Å². The van der Waals surface area contributed by atoms with E-state index in [0.29, 0.717) is 38.5 Å². The number of ether oxygens (including phenoxy) is 3. The number of nitrogens with one attached hydrogen (secondary N) is 2. The molecule has 3 aliphatic rings. The van der Waals surface area contributed by atoms with Crippen molar-refractivity contribution in [3.8, 4) is 5.75 Å². The predicted octanol–water partition coefficient (Wildman–Crippen LogP) is 0.615. The van der Waals surface area contributed by atoms with Gasteiger partial charge in [0.1, 0.15) is 18.0 Å². The van der Waals surface area contributed by atoms with Crippen LogP contribution in [0.5, 0.6) is 5.75 Å². The predicted molar refractivity (Wildman–Crippen MR) is 104 cm³/mol. The summed E-state index contributed by atoms with van der Waals surface area (Å²) in [5.41, 5.74) is 0.815. The lowest BCUT2D eigenvalue weighted by Gasteiger charge is -2.26. The molecule has 0 spiro atoms. The maximum absolute atomic E-state index is 12.3. The molecule has 9 heteroatoms. The average Bonchev–Trinajstić information content (AvgIpc) is 3.29. The van der Waals surface area contributed by atoms with Crippen molar-refractivity contribution in [2.24, 2.45) is 0 Å². The number of aryl methyl sites for hydroxylation is 1. The fourth-order valence-corrected chi connectivity index (χ4v) is 4.07. The lowest BCUT2D eigenvalue weighted by atomic mass is 10.1. The van der Waals surface area contributed by atoms with Crippen LogP contribution in [0.2, 0.25) is 0 Å². The van der Waals surface area contributed by atoms with E-state index in [2.05, 4.69) is 15.6 Å². The van der Waals surface area contributed by atoms with Gasteiger partial charge in [0.2, 0.25) is 5.91 Å². The van der Waals surface area contributed by atoms with Crippen molar-refractivity contribution in [2.75, 3.05) is 32.8 Å². The molecule has 1 aromatic heterocycles. The van der Waals surface area contributed by atoms with Gasteiger partial charge < -0.3 is 29.7 Å². The van der Waals surface area contributed by atoms with Gasteiger partial charge in [-0.15, -0.1) is 0 Å². The molecule has 3 fully saturated rings. The quantitative estimate of drug-likeness (QED) is 0.721. The summed E-state index contributed by atoms with van der Waals surface area (Å²) >= 11 is 0. The number of carbonyl (C=O) groups is 2. The molecule has 3 aliphatic heterocycles. The second kappa shape index (κ2) is 8.96. The number of likely N-dealkylation sites (tertiary alicyclic amines) is 1. The summed E-state index contributed by atoms with van der Waals surface area (Å²) in [4.78, 5) is 30.1. The van der Waals surface area contributed by atoms with Crippen molar-refractivity contribution in [1.29, 1.82) is 0 Å². The fraction of sp³-hybridized carbons (Fsp3) is 0.650. The number of hydrogen-bond acceptors (Lipinski definition) is 6. The van der Waals surface area contributed by atoms with E-state index in [9.17, 15) is 9.59 Å². The Morgan fingerprint density at radius 3 is 3.00 bits per heavy atom. The topological polar surface area (TPSA) is 102 Å². The van der Waals surface area contributed by atoms with Crippen molar-refractivity contribution < 1.29 is 23.8 Å². The van der Waals surface area contributed by atoms with Gasteiger partial charge in [0.15, 0.2) is 6.10 Å². The normalized spacial score (nSPS) is 28.9. The number of piperidine rings is 1. The van der Waals surface area contributed by atoms with E-state index in [1.54, 1.807) is 11.1 Å². The number of amides is 3. The summed E-state index contributed by atoms with van der Waals surface area (Å²) in [7, 11) is 0. The molecule has 4 atom stereocenters. The Morgan fingerprint density at radius 1 is 1.31 bits per heavy atom. The Morgan fingerprint density at radius 2 is 2.17 bits per heavy atom. The van der Waals surface area contributed by atoms with E-state index >= 15 is 0 Å². The molecule has 0 aromatic carbocycles. The maximum atomic E-state index is 12.3. The molecule has 9 nitrogen and oxygen atoms in total. The molecule has 0 bridgehead atoms. The first kappa shape index (κ1) is 19.9. The molecule has 0 saturated carbocycles. The van der Waals surface area contributed by atoms with E-state index in [1.807, 2.05) is 19.1 Å². The molecule has 1 aromatic rings. The SMILES string of the molecule is Cc1ncccc1O[C@H]1CO[C@H]2[C@@H]1OC[C@@H]2NC(=O)NCCN1CCCCC1=O. The lowest BCUT2D eigenvalue weighted by Crippen LogP contribution is -2.50. The van der Waals surface area contributed by atoms with Crippen LogP contribution in [0, 0.1) is 6.92 Å². The van der Waals surface area contributed by atoms with Crippen LogP contribution in [-0.4, -0.2) is 79.0 Å². The van der Waals surface area contributed by atoms with E-state index in [-0.39, 0.29) is 36.3 Å². The Bertz CT molecular complexity index is 745. The van der Waals surface area contributed by atoms with Crippen molar-refractivity contribution >= 4 is 11.9 Å². The monoisotopic (exact) mass is 404 g/mol. The molecule has 0 aliphatic carbocycles. The number of hydrogen-bond donors (Lipinski definition) is 2. The van der Waals surface area contributed by atoms with Gasteiger partial charge in [0.25, 0.3) is 0 Å². The van der Waals surface area contributed by atoms with Crippen LogP contribution in [0.3, 0.4) is 0 Å². The molecule has 3 saturated heterocycles. The van der Waals surface area contributed by atoms with Gasteiger partial charge in [-0.25, -0.2) is 4.79 Å². The Balaban J connectivity index is 1.22. The van der Waals surface area contributed by atoms with Crippen LogP contribution in [0.4, 0.5) is 4.79 Å². The zero-order valence-electron chi connectivity index (χ0n) is 16.6. The molecule has 3 amide bonds. The number of aromatic nitrogens is 1. The third-order valence-corrected chi connectivity index (χ3v) is 5.65. The summed E-state index contributed by atoms with van der Waals surface area (Å²) in [6, 6.07) is 3.19. The number of fused-ring (bicyclic) bond motifs is 1. The van der Waals surface area contributed by atoms with Crippen LogP contribution in [0.25, 0.3) is 0 Å². The minimum atomic E-state index is -0.278. The number of carbonyl (C=O) groups excluding carboxylic acids is 2. The summed E-state index contributed by atoms with van der Waals surface area (Å²) in [5.74, 6) is 0.881. The van der Waals surface area contributed by atoms with Crippen LogP contribution >= 0.6 is 0 Å². The van der Waals surface area contributed by atoms with Crippen LogP contribution < -0.4 is 15.4 Å². The maximum Gasteiger partial charge on any atom is 0.315 e. The first-order chi connectivity index (χ1) is 14.1. The first-order valence-electron chi connectivity index (χ1n) is 10.3. The fourth-order valence-electron chi connectivity index (χ4n) is 4.07. The van der Waals surface area contributed by atoms with E-state index in [4.69, 9.17) is 14.2 Å². The summed E-state index contributed by atoms with van der Waals surface area (Å²) < 4.78 is 17.8. The largest absolute Gasteiger partial charge is 0.483 e. The molecular weight excluding hydrogens is 376 g/mol. The van der Waals surface area contributed by atoms with Gasteiger partial charge in [-0.05, 0) is 31.9 Å². The molecule has 158 valence electrons. The highest BCUT2D eigenvalue weighted by atomic mass is 16.6. The minimum Gasteiger partial charge on any atom is -0.483 e. The summed E-state index contributed by atoms with van der Waals surface area (Å²) in [5, 5.41) is 5.74. The molecule has 4 heterocycles. The number of nitrogens with zero attached hydrogens (tertiary/aromatic N) is 2. The van der Waals surface area contributed by atoms with E-state index in [1.165, 1.54) is 0 Å². The molecule has 2 N–H and O–H groups in total. The first-order valence-corrected chi connectivity index (χ1v) is 10.3. The van der Waals surface area contributed by atoms with E-state index in [0.717, 1.165) is 25.1 Å². The molecule has 0 radical (unpaired) electrons. The third-order valence-electron chi connectivity index (χ3n) is 5.65. The summed E-state index contributed by atoms with van der Waals surface area (Å²) in [6.45, 7) is 4.40. The molecule has 29 heavy (non-hydrogen) atoms.